The van der Waals surface area contributed by atoms with Crippen LogP contribution in [0.1, 0.15) is 46.5 Å². The molecule has 0 radical (unpaired) electrons. The second kappa shape index (κ2) is 6.49. The zero-order chi connectivity index (χ0) is 11.3. The Morgan fingerprint density at radius 3 is 2.33 bits per heavy atom. The van der Waals surface area contributed by atoms with Gasteiger partial charge < -0.3 is 10.1 Å². The fourth-order valence-corrected chi connectivity index (χ4v) is 2.27. The Kier molecular flexibility index (Phi) is 5.62. The SMILES string of the molecule is COCC(NC(C)CC1CCC1)C(C)C. The van der Waals surface area contributed by atoms with Crippen molar-refractivity contribution in [3.05, 3.63) is 0 Å². The van der Waals surface area contributed by atoms with E-state index in [0.717, 1.165) is 12.5 Å². The minimum atomic E-state index is 0.505. The van der Waals surface area contributed by atoms with Crippen molar-refractivity contribution in [1.82, 2.24) is 5.32 Å². The molecule has 1 aliphatic rings. The predicted molar refractivity (Wildman–Crippen MR) is 65.1 cm³/mol. The van der Waals surface area contributed by atoms with Gasteiger partial charge in [-0.05, 0) is 25.2 Å². The molecule has 2 nitrogen and oxygen atoms in total. The van der Waals surface area contributed by atoms with Gasteiger partial charge in [0.15, 0.2) is 0 Å². The molecule has 0 aromatic heterocycles. The minimum Gasteiger partial charge on any atom is -0.383 e. The summed E-state index contributed by atoms with van der Waals surface area (Å²) in [4.78, 5) is 0. The third kappa shape index (κ3) is 4.52. The van der Waals surface area contributed by atoms with Gasteiger partial charge in [0.05, 0.1) is 6.61 Å². The van der Waals surface area contributed by atoms with E-state index in [4.69, 9.17) is 4.74 Å². The van der Waals surface area contributed by atoms with Crippen LogP contribution < -0.4 is 5.32 Å². The molecule has 1 rings (SSSR count). The van der Waals surface area contributed by atoms with Crippen LogP contribution in [0.5, 0.6) is 0 Å². The smallest absolute Gasteiger partial charge is 0.0618 e. The summed E-state index contributed by atoms with van der Waals surface area (Å²) in [6.45, 7) is 7.65. The molecule has 1 N–H and O–H groups in total. The maximum atomic E-state index is 5.25. The van der Waals surface area contributed by atoms with Gasteiger partial charge in [0.2, 0.25) is 0 Å². The van der Waals surface area contributed by atoms with Gasteiger partial charge in [-0.1, -0.05) is 33.1 Å². The highest BCUT2D eigenvalue weighted by Crippen LogP contribution is 2.30. The third-order valence-corrected chi connectivity index (χ3v) is 3.56. The Hall–Kier alpha value is -0.0800. The lowest BCUT2D eigenvalue weighted by Gasteiger charge is -2.31. The number of ether oxygens (including phenoxy) is 1. The van der Waals surface area contributed by atoms with Gasteiger partial charge in [-0.3, -0.25) is 0 Å². The molecule has 2 unspecified atom stereocenters. The van der Waals surface area contributed by atoms with Crippen molar-refractivity contribution in [2.24, 2.45) is 11.8 Å². The van der Waals surface area contributed by atoms with Gasteiger partial charge in [-0.2, -0.15) is 0 Å². The summed E-state index contributed by atoms with van der Waals surface area (Å²) in [7, 11) is 1.79. The Morgan fingerprint density at radius 1 is 1.27 bits per heavy atom. The second-order valence-electron chi connectivity index (χ2n) is 5.41. The molecule has 0 heterocycles. The van der Waals surface area contributed by atoms with E-state index in [1.54, 1.807) is 7.11 Å². The van der Waals surface area contributed by atoms with Gasteiger partial charge in [-0.15, -0.1) is 0 Å². The van der Waals surface area contributed by atoms with E-state index in [0.29, 0.717) is 18.0 Å². The lowest BCUT2D eigenvalue weighted by molar-refractivity contribution is 0.135. The summed E-state index contributed by atoms with van der Waals surface area (Å²) in [5, 5.41) is 3.69. The quantitative estimate of drug-likeness (QED) is 0.702. The first-order valence-electron chi connectivity index (χ1n) is 6.38. The highest BCUT2D eigenvalue weighted by Gasteiger charge is 2.22. The van der Waals surface area contributed by atoms with E-state index in [1.807, 2.05) is 0 Å². The van der Waals surface area contributed by atoms with E-state index < -0.39 is 0 Å². The Labute approximate surface area is 94.8 Å². The Bertz CT molecular complexity index is 166. The average Bonchev–Trinajstić information content (AvgIpc) is 2.10. The van der Waals surface area contributed by atoms with E-state index in [1.165, 1.54) is 25.7 Å². The van der Waals surface area contributed by atoms with Crippen LogP contribution in [0, 0.1) is 11.8 Å². The summed E-state index contributed by atoms with van der Waals surface area (Å²) in [6.07, 6.45) is 5.68. The van der Waals surface area contributed by atoms with Crippen molar-refractivity contribution in [3.8, 4) is 0 Å². The maximum absolute atomic E-state index is 5.25. The average molecular weight is 213 g/mol. The molecule has 2 atom stereocenters. The minimum absolute atomic E-state index is 0.505. The molecule has 0 aromatic carbocycles. The molecular formula is C13H27NO. The van der Waals surface area contributed by atoms with E-state index >= 15 is 0 Å². The Balaban J connectivity index is 2.22. The van der Waals surface area contributed by atoms with Crippen molar-refractivity contribution in [2.45, 2.75) is 58.5 Å². The fourth-order valence-electron chi connectivity index (χ4n) is 2.27. The number of hydrogen-bond donors (Lipinski definition) is 1. The first-order valence-corrected chi connectivity index (χ1v) is 6.38. The highest BCUT2D eigenvalue weighted by atomic mass is 16.5. The van der Waals surface area contributed by atoms with Gasteiger partial charge in [0.1, 0.15) is 0 Å². The summed E-state index contributed by atoms with van der Waals surface area (Å²) in [5.41, 5.74) is 0. The highest BCUT2D eigenvalue weighted by molar-refractivity contribution is 4.79. The third-order valence-electron chi connectivity index (χ3n) is 3.56. The molecular weight excluding hydrogens is 186 g/mol. The summed E-state index contributed by atoms with van der Waals surface area (Å²) in [5.74, 6) is 1.64. The topological polar surface area (TPSA) is 21.3 Å². The van der Waals surface area contributed by atoms with Crippen molar-refractivity contribution in [2.75, 3.05) is 13.7 Å². The van der Waals surface area contributed by atoms with Crippen molar-refractivity contribution < 1.29 is 4.74 Å². The monoisotopic (exact) mass is 213 g/mol. The molecule has 15 heavy (non-hydrogen) atoms. The fraction of sp³-hybridized carbons (Fsp3) is 1.00. The largest absolute Gasteiger partial charge is 0.383 e. The molecule has 0 aromatic rings. The predicted octanol–water partition coefficient (Wildman–Crippen LogP) is 2.83. The standard InChI is InChI=1S/C13H27NO/c1-10(2)13(9-15-4)14-11(3)8-12-6-5-7-12/h10-14H,5-9H2,1-4H3. The molecule has 0 spiro atoms. The lowest BCUT2D eigenvalue weighted by atomic mass is 9.81. The van der Waals surface area contributed by atoms with Gasteiger partial charge >= 0.3 is 0 Å². The zero-order valence-corrected chi connectivity index (χ0v) is 10.8. The number of nitrogens with one attached hydrogen (secondary N) is 1. The van der Waals surface area contributed by atoms with E-state index in [9.17, 15) is 0 Å². The van der Waals surface area contributed by atoms with Crippen molar-refractivity contribution in [3.63, 3.8) is 0 Å². The van der Waals surface area contributed by atoms with Crippen LogP contribution >= 0.6 is 0 Å². The zero-order valence-electron chi connectivity index (χ0n) is 10.8. The number of hydrogen-bond acceptors (Lipinski definition) is 2. The van der Waals surface area contributed by atoms with Crippen molar-refractivity contribution >= 4 is 0 Å². The van der Waals surface area contributed by atoms with Crippen LogP contribution in [0.3, 0.4) is 0 Å². The lowest BCUT2D eigenvalue weighted by Crippen LogP contribution is -2.44. The first kappa shape index (κ1) is 13.0. The molecule has 1 fully saturated rings. The molecule has 0 saturated heterocycles. The summed E-state index contributed by atoms with van der Waals surface area (Å²) < 4.78 is 5.25. The molecule has 0 amide bonds. The van der Waals surface area contributed by atoms with Crippen LogP contribution in [0.15, 0.2) is 0 Å². The van der Waals surface area contributed by atoms with Crippen LogP contribution in [-0.2, 0) is 4.74 Å². The van der Waals surface area contributed by atoms with Gasteiger partial charge in [0, 0.05) is 19.2 Å². The van der Waals surface area contributed by atoms with Crippen molar-refractivity contribution in [1.29, 1.82) is 0 Å². The maximum Gasteiger partial charge on any atom is 0.0618 e. The molecule has 0 aliphatic heterocycles. The molecule has 1 saturated carbocycles. The van der Waals surface area contributed by atoms with Gasteiger partial charge in [0.25, 0.3) is 0 Å². The summed E-state index contributed by atoms with van der Waals surface area (Å²) >= 11 is 0. The van der Waals surface area contributed by atoms with Crippen LogP contribution in [0.25, 0.3) is 0 Å². The van der Waals surface area contributed by atoms with E-state index in [-0.39, 0.29) is 0 Å². The molecule has 2 heteroatoms. The molecule has 1 aliphatic carbocycles. The second-order valence-corrected chi connectivity index (χ2v) is 5.41. The number of methoxy groups -OCH3 is 1. The van der Waals surface area contributed by atoms with Crippen LogP contribution in [0.4, 0.5) is 0 Å². The first-order chi connectivity index (χ1) is 7.13. The normalized spacial score (nSPS) is 21.4. The van der Waals surface area contributed by atoms with Crippen LogP contribution in [0.2, 0.25) is 0 Å². The molecule has 90 valence electrons. The molecule has 0 bridgehead atoms. The number of rotatable bonds is 7. The Morgan fingerprint density at radius 2 is 1.93 bits per heavy atom. The van der Waals surface area contributed by atoms with Gasteiger partial charge in [-0.25, -0.2) is 0 Å². The summed E-state index contributed by atoms with van der Waals surface area (Å²) in [6, 6.07) is 1.14. The van der Waals surface area contributed by atoms with Crippen LogP contribution in [-0.4, -0.2) is 25.8 Å². The van der Waals surface area contributed by atoms with E-state index in [2.05, 4.69) is 26.1 Å².